The highest BCUT2D eigenvalue weighted by Gasteiger charge is 2.29. The van der Waals surface area contributed by atoms with E-state index in [2.05, 4.69) is 5.32 Å². The van der Waals surface area contributed by atoms with Crippen LogP contribution in [0.25, 0.3) is 0 Å². The Morgan fingerprint density at radius 2 is 1.77 bits per heavy atom. The van der Waals surface area contributed by atoms with Crippen molar-refractivity contribution in [2.45, 2.75) is 52.7 Å². The molecule has 0 spiro atoms. The van der Waals surface area contributed by atoms with Gasteiger partial charge in [0.1, 0.15) is 11.8 Å². The molecule has 0 aliphatic carbocycles. The van der Waals surface area contributed by atoms with E-state index in [1.807, 2.05) is 27.7 Å². The fraction of sp³-hybridized carbons (Fsp3) is 0.391. The number of rotatable bonds is 9. The van der Waals surface area contributed by atoms with Crippen LogP contribution in [0, 0.1) is 6.92 Å². The molecule has 0 aliphatic heterocycles. The molecule has 0 bridgehead atoms. The monoisotopic (exact) mass is 484 g/mol. The van der Waals surface area contributed by atoms with Crippen LogP contribution in [-0.2, 0) is 16.1 Å². The van der Waals surface area contributed by atoms with Crippen molar-refractivity contribution in [2.75, 3.05) is 6.61 Å². The van der Waals surface area contributed by atoms with Gasteiger partial charge in [0, 0.05) is 27.7 Å². The fourth-order valence-corrected chi connectivity index (χ4v) is 3.65. The zero-order chi connectivity index (χ0) is 23.1. The van der Waals surface area contributed by atoms with Crippen LogP contribution in [0.15, 0.2) is 36.4 Å². The van der Waals surface area contributed by atoms with Gasteiger partial charge in [-0.3, -0.25) is 9.59 Å². The Labute approximate surface area is 198 Å². The van der Waals surface area contributed by atoms with Gasteiger partial charge in [-0.1, -0.05) is 47.8 Å². The summed E-state index contributed by atoms with van der Waals surface area (Å²) in [6, 6.07) is 9.53. The van der Waals surface area contributed by atoms with Crippen molar-refractivity contribution in [3.05, 3.63) is 62.6 Å². The first-order valence-corrected chi connectivity index (χ1v) is 11.2. The van der Waals surface area contributed by atoms with Gasteiger partial charge in [-0.05, 0) is 68.7 Å². The summed E-state index contributed by atoms with van der Waals surface area (Å²) < 4.78 is 5.69. The number of ether oxygens (including phenoxy) is 1. The summed E-state index contributed by atoms with van der Waals surface area (Å²) >= 11 is 18.4. The summed E-state index contributed by atoms with van der Waals surface area (Å²) in [4.78, 5) is 27.5. The zero-order valence-electron chi connectivity index (χ0n) is 18.0. The standard InChI is InChI=1S/C23H27Cl3N2O3/c1-5-21(23(30)27-14(2)3)28(12-16-6-7-17(24)11-20(16)26)22(29)13-31-18-8-9-19(25)15(4)10-18/h6-11,14,21H,5,12-13H2,1-4H3,(H,27,30). The van der Waals surface area contributed by atoms with Crippen molar-refractivity contribution < 1.29 is 14.3 Å². The first-order valence-electron chi connectivity index (χ1n) is 10.0. The lowest BCUT2D eigenvalue weighted by Gasteiger charge is -2.31. The lowest BCUT2D eigenvalue weighted by molar-refractivity contribution is -0.143. The van der Waals surface area contributed by atoms with Gasteiger partial charge in [0.15, 0.2) is 6.61 Å². The van der Waals surface area contributed by atoms with Crippen LogP contribution in [0.5, 0.6) is 5.75 Å². The van der Waals surface area contributed by atoms with Crippen molar-refractivity contribution in [1.82, 2.24) is 10.2 Å². The molecule has 0 aromatic heterocycles. The predicted octanol–water partition coefficient (Wildman–Crippen LogP) is 5.67. The number of halogens is 3. The summed E-state index contributed by atoms with van der Waals surface area (Å²) in [5, 5.41) is 4.43. The maximum Gasteiger partial charge on any atom is 0.261 e. The number of amides is 2. The molecule has 0 saturated carbocycles. The minimum atomic E-state index is -0.669. The van der Waals surface area contributed by atoms with Crippen molar-refractivity contribution in [3.63, 3.8) is 0 Å². The quantitative estimate of drug-likeness (QED) is 0.498. The van der Waals surface area contributed by atoms with E-state index in [4.69, 9.17) is 39.5 Å². The molecule has 1 N–H and O–H groups in total. The maximum absolute atomic E-state index is 13.2. The third kappa shape index (κ3) is 7.30. The minimum Gasteiger partial charge on any atom is -0.484 e. The van der Waals surface area contributed by atoms with Gasteiger partial charge in [0.05, 0.1) is 0 Å². The van der Waals surface area contributed by atoms with E-state index in [0.717, 1.165) is 5.56 Å². The van der Waals surface area contributed by atoms with Crippen LogP contribution in [0.3, 0.4) is 0 Å². The Bertz CT molecular complexity index is 934. The second-order valence-electron chi connectivity index (χ2n) is 7.54. The van der Waals surface area contributed by atoms with Crippen molar-refractivity contribution in [3.8, 4) is 5.75 Å². The molecule has 2 aromatic carbocycles. The molecule has 0 heterocycles. The Kier molecular flexibility index (Phi) is 9.48. The zero-order valence-corrected chi connectivity index (χ0v) is 20.3. The summed E-state index contributed by atoms with van der Waals surface area (Å²) in [5.74, 6) is -0.0259. The lowest BCUT2D eigenvalue weighted by Crippen LogP contribution is -2.51. The number of hydrogen-bond donors (Lipinski definition) is 1. The molecule has 8 heteroatoms. The van der Waals surface area contributed by atoms with Crippen LogP contribution >= 0.6 is 34.8 Å². The average molecular weight is 486 g/mol. The molecule has 5 nitrogen and oxygen atoms in total. The highest BCUT2D eigenvalue weighted by molar-refractivity contribution is 6.35. The topological polar surface area (TPSA) is 58.6 Å². The molecular weight excluding hydrogens is 459 g/mol. The molecule has 1 unspecified atom stereocenters. The van der Waals surface area contributed by atoms with Gasteiger partial charge in [0.2, 0.25) is 5.91 Å². The smallest absolute Gasteiger partial charge is 0.261 e. The second kappa shape index (κ2) is 11.6. The Hall–Kier alpha value is -1.95. The highest BCUT2D eigenvalue weighted by atomic mass is 35.5. The molecule has 2 aromatic rings. The third-order valence-corrected chi connectivity index (χ3v) is 5.68. The Morgan fingerprint density at radius 3 is 2.35 bits per heavy atom. The first kappa shape index (κ1) is 25.3. The fourth-order valence-electron chi connectivity index (χ4n) is 3.07. The van der Waals surface area contributed by atoms with E-state index in [1.54, 1.807) is 36.4 Å². The highest BCUT2D eigenvalue weighted by Crippen LogP contribution is 2.24. The molecule has 168 valence electrons. The summed E-state index contributed by atoms with van der Waals surface area (Å²) in [6.45, 7) is 7.39. The van der Waals surface area contributed by atoms with E-state index in [-0.39, 0.29) is 31.0 Å². The van der Waals surface area contributed by atoms with E-state index in [0.29, 0.717) is 32.8 Å². The van der Waals surface area contributed by atoms with Gasteiger partial charge in [-0.2, -0.15) is 0 Å². The summed E-state index contributed by atoms with van der Waals surface area (Å²) in [5.41, 5.74) is 1.54. The molecule has 2 rings (SSSR count). The van der Waals surface area contributed by atoms with Crippen LogP contribution in [0.1, 0.15) is 38.3 Å². The van der Waals surface area contributed by atoms with Crippen molar-refractivity contribution in [2.24, 2.45) is 0 Å². The molecule has 2 amide bonds. The summed E-state index contributed by atoms with van der Waals surface area (Å²) in [7, 11) is 0. The van der Waals surface area contributed by atoms with Gasteiger partial charge >= 0.3 is 0 Å². The van der Waals surface area contributed by atoms with Crippen LogP contribution in [-0.4, -0.2) is 35.4 Å². The number of benzene rings is 2. The number of carbonyl (C=O) groups excluding carboxylic acids is 2. The van der Waals surface area contributed by atoms with Gasteiger partial charge in [-0.15, -0.1) is 0 Å². The lowest BCUT2D eigenvalue weighted by atomic mass is 10.1. The van der Waals surface area contributed by atoms with E-state index in [9.17, 15) is 9.59 Å². The molecule has 0 fully saturated rings. The normalized spacial score (nSPS) is 11.9. The third-order valence-electron chi connectivity index (χ3n) is 4.66. The molecular formula is C23H27Cl3N2O3. The molecule has 31 heavy (non-hydrogen) atoms. The number of aryl methyl sites for hydroxylation is 1. The minimum absolute atomic E-state index is 0.0501. The number of carbonyl (C=O) groups is 2. The number of hydrogen-bond acceptors (Lipinski definition) is 3. The maximum atomic E-state index is 13.2. The largest absolute Gasteiger partial charge is 0.484 e. The first-order chi connectivity index (χ1) is 14.6. The van der Waals surface area contributed by atoms with E-state index >= 15 is 0 Å². The van der Waals surface area contributed by atoms with Gasteiger partial charge < -0.3 is 15.0 Å². The van der Waals surface area contributed by atoms with Crippen LogP contribution < -0.4 is 10.1 Å². The van der Waals surface area contributed by atoms with Crippen molar-refractivity contribution in [1.29, 1.82) is 0 Å². The predicted molar refractivity (Wildman–Crippen MR) is 126 cm³/mol. The SMILES string of the molecule is CCC(C(=O)NC(C)C)N(Cc1ccc(Cl)cc1Cl)C(=O)COc1ccc(Cl)c(C)c1. The van der Waals surface area contributed by atoms with Crippen LogP contribution in [0.4, 0.5) is 0 Å². The van der Waals surface area contributed by atoms with Gasteiger partial charge in [0.25, 0.3) is 5.91 Å². The second-order valence-corrected chi connectivity index (χ2v) is 8.80. The Morgan fingerprint density at radius 1 is 1.06 bits per heavy atom. The molecule has 0 radical (unpaired) electrons. The average Bonchev–Trinajstić information content (AvgIpc) is 2.69. The molecule has 0 aliphatic rings. The van der Waals surface area contributed by atoms with E-state index in [1.165, 1.54) is 4.90 Å². The Balaban J connectivity index is 2.26. The van der Waals surface area contributed by atoms with Gasteiger partial charge in [-0.25, -0.2) is 0 Å². The molecule has 1 atom stereocenters. The van der Waals surface area contributed by atoms with Crippen molar-refractivity contribution >= 4 is 46.6 Å². The molecule has 0 saturated heterocycles. The number of nitrogens with one attached hydrogen (secondary N) is 1. The summed E-state index contributed by atoms with van der Waals surface area (Å²) in [6.07, 6.45) is 0.440. The van der Waals surface area contributed by atoms with E-state index < -0.39 is 6.04 Å². The number of nitrogens with zero attached hydrogens (tertiary/aromatic N) is 1. The van der Waals surface area contributed by atoms with Crippen LogP contribution in [0.2, 0.25) is 15.1 Å².